The number of aromatic amines is 1. The van der Waals surface area contributed by atoms with E-state index in [2.05, 4.69) is 30.8 Å². The summed E-state index contributed by atoms with van der Waals surface area (Å²) < 4.78 is 46.5. The molecule has 3 aliphatic carbocycles. The molecule has 3 N–H and O–H groups in total. The lowest BCUT2D eigenvalue weighted by Gasteiger charge is -2.61. The van der Waals surface area contributed by atoms with Crippen molar-refractivity contribution in [1.82, 2.24) is 29.9 Å². The van der Waals surface area contributed by atoms with Crippen LogP contribution in [0.25, 0.3) is 5.65 Å². The molecule has 180 valence electrons. The molecule has 34 heavy (non-hydrogen) atoms. The predicted molar refractivity (Wildman–Crippen MR) is 113 cm³/mol. The molecule has 11 nitrogen and oxygen atoms in total. The van der Waals surface area contributed by atoms with E-state index < -0.39 is 30.3 Å². The minimum atomic E-state index is -1.56. The van der Waals surface area contributed by atoms with E-state index >= 15 is 4.39 Å². The summed E-state index contributed by atoms with van der Waals surface area (Å²) in [5.74, 6) is 0.706. The Morgan fingerprint density at radius 3 is 2.97 bits per heavy atom. The molecule has 13 heteroatoms. The number of ether oxygens (including phenoxy) is 3. The van der Waals surface area contributed by atoms with Crippen LogP contribution in [0.1, 0.15) is 36.8 Å². The van der Waals surface area contributed by atoms with Gasteiger partial charge in [0.1, 0.15) is 6.10 Å². The highest BCUT2D eigenvalue weighted by Crippen LogP contribution is 2.57. The first-order chi connectivity index (χ1) is 16.4. The summed E-state index contributed by atoms with van der Waals surface area (Å²) in [4.78, 5) is 20.4. The van der Waals surface area contributed by atoms with Crippen molar-refractivity contribution in [3.8, 4) is 0 Å². The van der Waals surface area contributed by atoms with E-state index in [1.165, 1.54) is 11.5 Å². The molecule has 1 aliphatic heterocycles. The summed E-state index contributed by atoms with van der Waals surface area (Å²) >= 11 is 0. The van der Waals surface area contributed by atoms with Gasteiger partial charge in [-0.3, -0.25) is 9.50 Å². The van der Waals surface area contributed by atoms with Gasteiger partial charge in [0.25, 0.3) is 0 Å². The fraction of sp³-hybridized carbons (Fsp3) is 0.524. The quantitative estimate of drug-likeness (QED) is 0.476. The molecule has 2 bridgehead atoms. The summed E-state index contributed by atoms with van der Waals surface area (Å²) in [5.41, 5.74) is 0.838. The number of imidazole rings is 1. The van der Waals surface area contributed by atoms with Crippen molar-refractivity contribution < 1.29 is 27.8 Å². The van der Waals surface area contributed by atoms with Gasteiger partial charge in [0.2, 0.25) is 5.95 Å². The fourth-order valence-corrected chi connectivity index (χ4v) is 4.92. The van der Waals surface area contributed by atoms with Crippen LogP contribution >= 0.6 is 0 Å². The smallest absolute Gasteiger partial charge is 0.408 e. The number of carbonyl (C=O) groups is 1. The Balaban J connectivity index is 1.12. The molecular formula is C21H23F2N7O4. The van der Waals surface area contributed by atoms with Gasteiger partial charge < -0.3 is 24.8 Å². The summed E-state index contributed by atoms with van der Waals surface area (Å²) in [6, 6.07) is 1.56. The van der Waals surface area contributed by atoms with Crippen LogP contribution in [-0.4, -0.2) is 62.2 Å². The summed E-state index contributed by atoms with van der Waals surface area (Å²) in [7, 11) is 1.52. The van der Waals surface area contributed by atoms with Gasteiger partial charge in [-0.25, -0.2) is 23.5 Å². The van der Waals surface area contributed by atoms with Gasteiger partial charge in [-0.15, -0.1) is 0 Å². The average molecular weight is 475 g/mol. The van der Waals surface area contributed by atoms with Gasteiger partial charge in [-0.2, -0.15) is 5.10 Å². The van der Waals surface area contributed by atoms with Gasteiger partial charge in [0, 0.05) is 24.9 Å². The van der Waals surface area contributed by atoms with Crippen molar-refractivity contribution in [3.05, 3.63) is 35.7 Å². The Morgan fingerprint density at radius 1 is 1.41 bits per heavy atom. The maximum atomic E-state index is 15.0. The first-order valence-electron chi connectivity index (χ1n) is 11.0. The van der Waals surface area contributed by atoms with E-state index in [-0.39, 0.29) is 30.3 Å². The summed E-state index contributed by atoms with van der Waals surface area (Å²) in [5, 5.41) is 12.7. The van der Waals surface area contributed by atoms with Crippen LogP contribution in [0.15, 0.2) is 18.5 Å². The lowest BCUT2D eigenvalue weighted by molar-refractivity contribution is -0.0528. The molecule has 4 aliphatic rings. The molecule has 7 rings (SSSR count). The molecule has 0 unspecified atom stereocenters. The van der Waals surface area contributed by atoms with Crippen LogP contribution in [0.3, 0.4) is 0 Å². The van der Waals surface area contributed by atoms with Crippen LogP contribution in [0, 0.1) is 11.7 Å². The first-order valence-corrected chi connectivity index (χ1v) is 11.0. The second kappa shape index (κ2) is 7.87. The van der Waals surface area contributed by atoms with Crippen LogP contribution in [0.4, 0.5) is 25.3 Å². The van der Waals surface area contributed by atoms with E-state index in [4.69, 9.17) is 14.2 Å². The number of methoxy groups -OCH3 is 1. The maximum Gasteiger partial charge on any atom is 0.408 e. The first kappa shape index (κ1) is 21.2. The van der Waals surface area contributed by atoms with Crippen molar-refractivity contribution in [3.63, 3.8) is 0 Å². The number of anilines is 2. The number of alkyl carbamates (subject to hydrolysis) is 1. The lowest BCUT2D eigenvalue weighted by atomic mass is 9.50. The number of amides is 1. The van der Waals surface area contributed by atoms with Crippen molar-refractivity contribution >= 4 is 23.5 Å². The molecule has 1 saturated heterocycles. The molecule has 4 heterocycles. The third-order valence-electron chi connectivity index (χ3n) is 6.68. The van der Waals surface area contributed by atoms with Gasteiger partial charge in [-0.1, -0.05) is 0 Å². The molecule has 3 saturated carbocycles. The highest BCUT2D eigenvalue weighted by molar-refractivity contribution is 5.69. The normalized spacial score (nSPS) is 29.5. The minimum Gasteiger partial charge on any atom is -0.441 e. The second-order valence-electron chi connectivity index (χ2n) is 9.15. The number of nitrogens with one attached hydrogen (secondary N) is 3. The molecule has 0 aromatic carbocycles. The van der Waals surface area contributed by atoms with E-state index in [1.807, 2.05) is 0 Å². The third-order valence-corrected chi connectivity index (χ3v) is 6.68. The van der Waals surface area contributed by atoms with Crippen molar-refractivity contribution in [2.45, 2.75) is 49.8 Å². The number of hydrogen-bond donors (Lipinski definition) is 3. The van der Waals surface area contributed by atoms with Crippen LogP contribution in [-0.2, 0) is 20.8 Å². The Morgan fingerprint density at radius 2 is 2.24 bits per heavy atom. The highest BCUT2D eigenvalue weighted by Gasteiger charge is 2.58. The van der Waals surface area contributed by atoms with Gasteiger partial charge in [0.15, 0.2) is 29.6 Å². The van der Waals surface area contributed by atoms with Gasteiger partial charge >= 0.3 is 6.09 Å². The second-order valence-corrected chi connectivity index (χ2v) is 9.15. The zero-order valence-electron chi connectivity index (χ0n) is 18.3. The number of rotatable bonds is 7. The zero-order chi connectivity index (χ0) is 23.4. The average Bonchev–Trinajstić information content (AvgIpc) is 3.47. The number of fused-ring (bicyclic) bond motifs is 1. The molecule has 4 fully saturated rings. The highest BCUT2D eigenvalue weighted by atomic mass is 19.1. The monoisotopic (exact) mass is 475 g/mol. The molecular weight excluding hydrogens is 452 g/mol. The van der Waals surface area contributed by atoms with Crippen molar-refractivity contribution in [2.75, 3.05) is 19.0 Å². The Kier molecular flexibility index (Phi) is 4.92. The Labute approximate surface area is 192 Å². The molecule has 3 atom stereocenters. The number of aromatic nitrogens is 5. The largest absolute Gasteiger partial charge is 0.441 e. The topological polar surface area (TPSA) is 128 Å². The minimum absolute atomic E-state index is 0.0614. The molecule has 0 spiro atoms. The number of carbonyl (C=O) groups excluding carboxylic acids is 1. The molecule has 0 radical (unpaired) electrons. The Bertz CT molecular complexity index is 1230. The molecule has 3 aromatic rings. The SMILES string of the molecule is COCc1cn2c(Nc3cc([C@H]4OC[C@@H](OC(=O)NC56CC(C5)C6)[C@@H]4F)[nH]n3)ncc(F)c2n1. The van der Waals surface area contributed by atoms with Gasteiger partial charge in [0.05, 0.1) is 30.8 Å². The van der Waals surface area contributed by atoms with E-state index in [0.29, 0.717) is 23.1 Å². The lowest BCUT2D eigenvalue weighted by Crippen LogP contribution is -2.68. The van der Waals surface area contributed by atoms with Crippen molar-refractivity contribution in [2.24, 2.45) is 5.92 Å². The zero-order valence-corrected chi connectivity index (χ0v) is 18.3. The maximum absolute atomic E-state index is 15.0. The van der Waals surface area contributed by atoms with Crippen molar-refractivity contribution in [1.29, 1.82) is 0 Å². The standard InChI is InChI=1S/C21H23F2N7O4/c1-32-8-11-7-30-18(25-11)12(22)6-24-19(30)26-15-2-13(28-29-15)17-16(23)14(9-33-17)34-20(31)27-21-3-10(4-21)5-21/h2,6-7,10,14,16-17H,3-5,8-9H2,1H3,(H,27,31)(H2,24,26,28,29)/t10?,14-,16+,17-,21?/m1/s1. The number of hydrogen-bond acceptors (Lipinski definition) is 8. The van der Waals surface area contributed by atoms with Crippen LogP contribution < -0.4 is 10.6 Å². The number of halogens is 2. The number of H-pyrrole nitrogens is 1. The number of alkyl halides is 1. The Hall–Kier alpha value is -3.32. The predicted octanol–water partition coefficient (Wildman–Crippen LogP) is 2.54. The molecule has 3 aromatic heterocycles. The number of nitrogens with zero attached hydrogens (tertiary/aromatic N) is 4. The van der Waals surface area contributed by atoms with Gasteiger partial charge in [-0.05, 0) is 25.2 Å². The van der Waals surface area contributed by atoms with Crippen LogP contribution in [0.2, 0.25) is 0 Å². The van der Waals surface area contributed by atoms with E-state index in [0.717, 1.165) is 25.5 Å². The van der Waals surface area contributed by atoms with Crippen LogP contribution in [0.5, 0.6) is 0 Å². The van der Waals surface area contributed by atoms with E-state index in [9.17, 15) is 9.18 Å². The van der Waals surface area contributed by atoms with E-state index in [1.54, 1.807) is 12.3 Å². The summed E-state index contributed by atoms with van der Waals surface area (Å²) in [6.07, 6.45) is 1.40. The molecule has 1 amide bonds. The summed E-state index contributed by atoms with van der Waals surface area (Å²) in [6.45, 7) is 0.154. The third kappa shape index (κ3) is 3.55. The fourth-order valence-electron chi connectivity index (χ4n) is 4.92.